The first-order chi connectivity index (χ1) is 7.24. The van der Waals surface area contributed by atoms with Crippen molar-refractivity contribution in [3.63, 3.8) is 0 Å². The highest BCUT2D eigenvalue weighted by atomic mass is 32.2. The second-order valence-electron chi connectivity index (χ2n) is 3.01. The molecule has 0 atom stereocenters. The highest BCUT2D eigenvalue weighted by Gasteiger charge is 2.07. The Balaban J connectivity index is 2.38. The summed E-state index contributed by atoms with van der Waals surface area (Å²) < 4.78 is 0. The summed E-state index contributed by atoms with van der Waals surface area (Å²) >= 11 is 1.48. The highest BCUT2D eigenvalue weighted by molar-refractivity contribution is 8.00. The lowest BCUT2D eigenvalue weighted by Gasteiger charge is -2.12. The maximum atomic E-state index is 11.5. The minimum absolute atomic E-state index is 0.0228. The Hall–Kier alpha value is -1.47. The Morgan fingerprint density at radius 1 is 1.47 bits per heavy atom. The van der Waals surface area contributed by atoms with Crippen molar-refractivity contribution in [1.29, 1.82) is 5.26 Å². The van der Waals surface area contributed by atoms with Gasteiger partial charge in [0.15, 0.2) is 0 Å². The van der Waals surface area contributed by atoms with Crippen molar-refractivity contribution < 1.29 is 4.79 Å². The Bertz CT molecular complexity index is 359. The predicted molar refractivity (Wildman–Crippen MR) is 60.4 cm³/mol. The molecule has 1 aromatic carbocycles. The summed E-state index contributed by atoms with van der Waals surface area (Å²) in [5.74, 6) is 0.354. The molecular formula is C11H12N2OS. The smallest absolute Gasteiger partial charge is 0.233 e. The van der Waals surface area contributed by atoms with Gasteiger partial charge < -0.3 is 4.90 Å². The van der Waals surface area contributed by atoms with Crippen molar-refractivity contribution in [3.05, 3.63) is 30.3 Å². The van der Waals surface area contributed by atoms with E-state index < -0.39 is 0 Å². The topological polar surface area (TPSA) is 44.1 Å². The number of hydrogen-bond acceptors (Lipinski definition) is 3. The molecule has 0 N–H and O–H groups in total. The van der Waals surface area contributed by atoms with Gasteiger partial charge in [0.05, 0.1) is 11.8 Å². The molecule has 0 bridgehead atoms. The zero-order chi connectivity index (χ0) is 11.1. The summed E-state index contributed by atoms with van der Waals surface area (Å²) in [6, 6.07) is 11.7. The average molecular weight is 220 g/mol. The van der Waals surface area contributed by atoms with Crippen molar-refractivity contribution in [2.75, 3.05) is 19.3 Å². The molecule has 4 heteroatoms. The van der Waals surface area contributed by atoms with Crippen molar-refractivity contribution in [3.8, 4) is 6.07 Å². The minimum Gasteiger partial charge on any atom is -0.332 e. The summed E-state index contributed by atoms with van der Waals surface area (Å²) in [6.07, 6.45) is 0. The first-order valence-corrected chi connectivity index (χ1v) is 5.51. The number of benzene rings is 1. The molecule has 0 spiro atoms. The third-order valence-electron chi connectivity index (χ3n) is 1.84. The van der Waals surface area contributed by atoms with Crippen LogP contribution in [0.15, 0.2) is 35.2 Å². The number of nitriles is 1. The van der Waals surface area contributed by atoms with Crippen molar-refractivity contribution in [2.45, 2.75) is 4.90 Å². The monoisotopic (exact) mass is 220 g/mol. The minimum atomic E-state index is -0.0228. The van der Waals surface area contributed by atoms with Gasteiger partial charge in [-0.05, 0) is 12.1 Å². The number of hydrogen-bond donors (Lipinski definition) is 0. The van der Waals surface area contributed by atoms with E-state index in [-0.39, 0.29) is 12.5 Å². The van der Waals surface area contributed by atoms with Crippen LogP contribution in [0.3, 0.4) is 0 Å². The predicted octanol–water partition coefficient (Wildman–Crippen LogP) is 1.76. The molecule has 0 unspecified atom stereocenters. The highest BCUT2D eigenvalue weighted by Crippen LogP contribution is 2.16. The first-order valence-electron chi connectivity index (χ1n) is 4.53. The average Bonchev–Trinajstić information content (AvgIpc) is 2.27. The molecule has 15 heavy (non-hydrogen) atoms. The summed E-state index contributed by atoms with van der Waals surface area (Å²) in [6.45, 7) is 0.147. The number of rotatable bonds is 4. The van der Waals surface area contributed by atoms with E-state index in [4.69, 9.17) is 5.26 Å². The van der Waals surface area contributed by atoms with E-state index in [0.717, 1.165) is 4.90 Å². The summed E-state index contributed by atoms with van der Waals surface area (Å²) in [7, 11) is 1.64. The van der Waals surface area contributed by atoms with Crippen LogP contribution in [-0.4, -0.2) is 30.2 Å². The van der Waals surface area contributed by atoms with Gasteiger partial charge in [0.25, 0.3) is 0 Å². The van der Waals surface area contributed by atoms with Crippen LogP contribution in [0.2, 0.25) is 0 Å². The van der Waals surface area contributed by atoms with Gasteiger partial charge in [0.1, 0.15) is 6.54 Å². The van der Waals surface area contributed by atoms with Gasteiger partial charge in [-0.1, -0.05) is 18.2 Å². The second-order valence-corrected chi connectivity index (χ2v) is 4.06. The molecule has 0 aliphatic heterocycles. The Labute approximate surface area is 93.7 Å². The quantitative estimate of drug-likeness (QED) is 0.573. The van der Waals surface area contributed by atoms with E-state index >= 15 is 0 Å². The molecule has 0 saturated heterocycles. The molecule has 0 aromatic heterocycles. The second kappa shape index (κ2) is 6.10. The van der Waals surface area contributed by atoms with Crippen LogP contribution in [0.5, 0.6) is 0 Å². The summed E-state index contributed by atoms with van der Waals surface area (Å²) in [5.41, 5.74) is 0. The molecule has 0 aliphatic carbocycles. The van der Waals surface area contributed by atoms with Crippen LogP contribution < -0.4 is 0 Å². The van der Waals surface area contributed by atoms with Gasteiger partial charge in [0.2, 0.25) is 5.91 Å². The standard InChI is InChI=1S/C11H12N2OS/c1-13(8-7-12)11(14)9-15-10-5-3-2-4-6-10/h2-6H,8-9H2,1H3. The zero-order valence-electron chi connectivity index (χ0n) is 8.51. The normalized spacial score (nSPS) is 9.33. The molecular weight excluding hydrogens is 208 g/mol. The molecule has 0 fully saturated rings. The summed E-state index contributed by atoms with van der Waals surface area (Å²) in [4.78, 5) is 14.0. The van der Waals surface area contributed by atoms with Crippen LogP contribution in [0, 0.1) is 11.3 Å². The first kappa shape index (κ1) is 11.6. The van der Waals surface area contributed by atoms with Crippen LogP contribution in [0.4, 0.5) is 0 Å². The van der Waals surface area contributed by atoms with Gasteiger partial charge in [-0.3, -0.25) is 4.79 Å². The molecule has 78 valence electrons. The SMILES string of the molecule is CN(CC#N)C(=O)CSc1ccccc1. The maximum Gasteiger partial charge on any atom is 0.233 e. The van der Waals surface area contributed by atoms with Crippen LogP contribution >= 0.6 is 11.8 Å². The van der Waals surface area contributed by atoms with Gasteiger partial charge >= 0.3 is 0 Å². The van der Waals surface area contributed by atoms with E-state index in [2.05, 4.69) is 0 Å². The largest absolute Gasteiger partial charge is 0.332 e. The Kier molecular flexibility index (Phi) is 4.72. The molecule has 1 rings (SSSR count). The zero-order valence-corrected chi connectivity index (χ0v) is 9.33. The van der Waals surface area contributed by atoms with Crippen LogP contribution in [0.25, 0.3) is 0 Å². The number of carbonyl (C=O) groups excluding carboxylic acids is 1. The fourth-order valence-corrected chi connectivity index (χ4v) is 1.83. The summed E-state index contributed by atoms with van der Waals surface area (Å²) in [5, 5.41) is 8.42. The molecule has 0 saturated carbocycles. The van der Waals surface area contributed by atoms with Crippen molar-refractivity contribution in [2.24, 2.45) is 0 Å². The van der Waals surface area contributed by atoms with E-state index in [1.807, 2.05) is 36.4 Å². The molecule has 3 nitrogen and oxygen atoms in total. The van der Waals surface area contributed by atoms with Gasteiger partial charge in [-0.25, -0.2) is 0 Å². The van der Waals surface area contributed by atoms with Crippen molar-refractivity contribution >= 4 is 17.7 Å². The Morgan fingerprint density at radius 2 is 2.13 bits per heavy atom. The van der Waals surface area contributed by atoms with Gasteiger partial charge in [-0.15, -0.1) is 11.8 Å². The lowest BCUT2D eigenvalue weighted by Crippen LogP contribution is -2.28. The van der Waals surface area contributed by atoms with Crippen molar-refractivity contribution in [1.82, 2.24) is 4.90 Å². The fourth-order valence-electron chi connectivity index (χ4n) is 0.966. The molecule has 1 amide bonds. The van der Waals surface area contributed by atoms with Crippen LogP contribution in [0.1, 0.15) is 0 Å². The van der Waals surface area contributed by atoms with E-state index in [0.29, 0.717) is 5.75 Å². The fraction of sp³-hybridized carbons (Fsp3) is 0.273. The number of nitrogens with zero attached hydrogens (tertiary/aromatic N) is 2. The third-order valence-corrected chi connectivity index (χ3v) is 2.84. The van der Waals surface area contributed by atoms with E-state index in [1.54, 1.807) is 7.05 Å². The lowest BCUT2D eigenvalue weighted by atomic mass is 10.4. The van der Waals surface area contributed by atoms with Gasteiger partial charge in [0, 0.05) is 11.9 Å². The van der Waals surface area contributed by atoms with Gasteiger partial charge in [-0.2, -0.15) is 5.26 Å². The number of amides is 1. The molecule has 0 aliphatic rings. The molecule has 0 radical (unpaired) electrons. The maximum absolute atomic E-state index is 11.5. The third kappa shape index (κ3) is 4.05. The molecule has 1 aromatic rings. The van der Waals surface area contributed by atoms with E-state index in [9.17, 15) is 4.79 Å². The van der Waals surface area contributed by atoms with Crippen LogP contribution in [-0.2, 0) is 4.79 Å². The molecule has 0 heterocycles. The number of thioether (sulfide) groups is 1. The number of carbonyl (C=O) groups is 1. The lowest BCUT2D eigenvalue weighted by molar-refractivity contribution is -0.126. The Morgan fingerprint density at radius 3 is 2.73 bits per heavy atom. The van der Waals surface area contributed by atoms with E-state index in [1.165, 1.54) is 16.7 Å².